The van der Waals surface area contributed by atoms with Gasteiger partial charge in [0.25, 0.3) is 6.43 Å². The summed E-state index contributed by atoms with van der Waals surface area (Å²) >= 11 is 1.56. The number of aryl methyl sites for hydroxylation is 3. The number of fused-ring (bicyclic) bond motifs is 2. The first-order valence-electron chi connectivity index (χ1n) is 27.6. The van der Waals surface area contributed by atoms with Gasteiger partial charge in [0.15, 0.2) is 5.82 Å². The Morgan fingerprint density at radius 2 is 1.66 bits per heavy atom. The van der Waals surface area contributed by atoms with E-state index in [9.17, 15) is 37.9 Å². The minimum absolute atomic E-state index is 0.0117. The average Bonchev–Trinajstić information content (AvgIpc) is 4.43. The molecule has 3 aromatic heterocycles. The Morgan fingerprint density at radius 3 is 2.33 bits per heavy atom. The molecule has 2 saturated heterocycles. The topological polar surface area (TPSA) is 222 Å². The standard InChI is InChI=1S/C57H74F2N12O8S/c1-35-50(80-34-62-35)37-11-9-36(10-12-37)29-61-54(75)47-27-41(72)32-70(47)55(76)51(57(2,3)4)64-48(73)16-22-78-24-25-79-23-17-49(74)67-19-13-40(14-20-67)71-45-15-21-68(56(77)60-5)33-44(45)53(65-71)69-18-7-8-38-26-42(39-30-63-66(6)31-39)43(52(58)59)28-46(38)69/h9-12,26,28,30-31,34,40-41,47,51-52,72H,7-8,13-25,27,29,32-33H2,1-6H3,(H,60,77)(H,61,75)(H,64,73)/t41-,47+,51-/m1/s1. The van der Waals surface area contributed by atoms with Crippen LogP contribution in [0.1, 0.15) is 105 Å². The van der Waals surface area contributed by atoms with E-state index in [4.69, 9.17) is 14.6 Å². The van der Waals surface area contributed by atoms with Crippen molar-refractivity contribution in [1.29, 1.82) is 0 Å². The Kier molecular flexibility index (Phi) is 18.3. The summed E-state index contributed by atoms with van der Waals surface area (Å²) in [5.74, 6) is -0.595. The molecule has 0 saturated carbocycles. The summed E-state index contributed by atoms with van der Waals surface area (Å²) in [4.78, 5) is 79.5. The van der Waals surface area contributed by atoms with Crippen LogP contribution < -0.4 is 20.9 Å². The fourth-order valence-electron chi connectivity index (χ4n) is 11.3. The van der Waals surface area contributed by atoms with Crippen LogP contribution in [0.5, 0.6) is 0 Å². The molecular weight excluding hydrogens is 1050 g/mol. The highest BCUT2D eigenvalue weighted by atomic mass is 32.1. The number of alkyl halides is 2. The van der Waals surface area contributed by atoms with Crippen molar-refractivity contribution in [2.45, 2.75) is 123 Å². The normalized spacial score (nSPS) is 18.1. The smallest absolute Gasteiger partial charge is 0.317 e. The number of nitrogens with zero attached hydrogens (tertiary/aromatic N) is 9. The first kappa shape index (κ1) is 57.9. The predicted octanol–water partition coefficient (Wildman–Crippen LogP) is 6.22. The first-order chi connectivity index (χ1) is 38.4. The van der Waals surface area contributed by atoms with Crippen molar-refractivity contribution in [3.05, 3.63) is 87.9 Å². The fourth-order valence-corrected chi connectivity index (χ4v) is 12.1. The molecule has 0 spiro atoms. The monoisotopic (exact) mass is 1120 g/mol. The van der Waals surface area contributed by atoms with E-state index in [1.165, 1.54) is 4.90 Å². The summed E-state index contributed by atoms with van der Waals surface area (Å²) < 4.78 is 44.7. The van der Waals surface area contributed by atoms with Crippen LogP contribution in [0.15, 0.2) is 54.3 Å². The van der Waals surface area contributed by atoms with Crippen molar-refractivity contribution in [3.63, 3.8) is 0 Å². The number of aromatic nitrogens is 5. The zero-order valence-corrected chi connectivity index (χ0v) is 47.3. The van der Waals surface area contributed by atoms with Gasteiger partial charge in [-0.1, -0.05) is 45.0 Å². The number of rotatable bonds is 19. The van der Waals surface area contributed by atoms with E-state index >= 15 is 0 Å². The molecule has 0 bridgehead atoms. The maximum atomic E-state index is 14.8. The van der Waals surface area contributed by atoms with Crippen LogP contribution in [-0.4, -0.2) is 158 Å². The second-order valence-corrected chi connectivity index (χ2v) is 23.1. The lowest BCUT2D eigenvalue weighted by Crippen LogP contribution is -2.57. The highest BCUT2D eigenvalue weighted by Crippen LogP contribution is 2.44. The van der Waals surface area contributed by atoms with Gasteiger partial charge < -0.3 is 50.1 Å². The number of hydrogen-bond donors (Lipinski definition) is 4. The number of carbonyl (C=O) groups is 5. The second-order valence-electron chi connectivity index (χ2n) is 22.2. The summed E-state index contributed by atoms with van der Waals surface area (Å²) in [6.07, 6.45) is 3.40. The molecule has 5 aromatic rings. The number of nitrogens with one attached hydrogen (secondary N) is 3. The Labute approximate surface area is 469 Å². The minimum atomic E-state index is -2.71. The predicted molar refractivity (Wildman–Crippen MR) is 297 cm³/mol. The van der Waals surface area contributed by atoms with Gasteiger partial charge in [0.1, 0.15) is 12.1 Å². The average molecular weight is 1130 g/mol. The summed E-state index contributed by atoms with van der Waals surface area (Å²) in [5.41, 5.74) is 8.55. The maximum Gasteiger partial charge on any atom is 0.317 e. The number of thiazole rings is 1. The molecule has 0 aliphatic carbocycles. The number of carbonyl (C=O) groups excluding carboxylic acids is 5. The number of β-amino-alcohol motifs (C(OH)–C–C–N with tert-alkyl or cyclic N) is 1. The summed E-state index contributed by atoms with van der Waals surface area (Å²) in [5, 5.41) is 28.6. The van der Waals surface area contributed by atoms with E-state index in [1.807, 2.05) is 67.8 Å². The molecular formula is C57H74F2N12O8S. The maximum absolute atomic E-state index is 14.8. The number of piperidine rings is 1. The number of halogens is 2. The summed E-state index contributed by atoms with van der Waals surface area (Å²) in [6.45, 7) is 10.8. The van der Waals surface area contributed by atoms with Crippen LogP contribution in [0.2, 0.25) is 0 Å². The van der Waals surface area contributed by atoms with Crippen LogP contribution in [-0.2, 0) is 61.6 Å². The molecule has 0 radical (unpaired) electrons. The van der Waals surface area contributed by atoms with Crippen LogP contribution >= 0.6 is 11.3 Å². The molecule has 0 unspecified atom stereocenters. The highest BCUT2D eigenvalue weighted by molar-refractivity contribution is 7.13. The number of hydrogen-bond acceptors (Lipinski definition) is 13. The van der Waals surface area contributed by atoms with Gasteiger partial charge in [0.2, 0.25) is 23.6 Å². The van der Waals surface area contributed by atoms with E-state index in [2.05, 4.69) is 30.7 Å². The molecule has 20 nitrogen and oxygen atoms in total. The molecule has 4 aliphatic heterocycles. The number of anilines is 2. The quantitative estimate of drug-likeness (QED) is 0.0678. The van der Waals surface area contributed by atoms with E-state index in [-0.39, 0.29) is 88.2 Å². The third-order valence-electron chi connectivity index (χ3n) is 15.6. The lowest BCUT2D eigenvalue weighted by Gasteiger charge is -2.35. The van der Waals surface area contributed by atoms with Gasteiger partial charge in [0.05, 0.1) is 73.8 Å². The number of benzene rings is 2. The Hall–Kier alpha value is -6.82. The number of aliphatic hydroxyl groups excluding tert-OH is 1. The lowest BCUT2D eigenvalue weighted by atomic mass is 9.85. The molecule has 3 atom stereocenters. The van der Waals surface area contributed by atoms with Crippen molar-refractivity contribution in [2.24, 2.45) is 12.5 Å². The molecule has 7 heterocycles. The molecule has 9 rings (SSSR count). The SMILES string of the molecule is CNC(=O)N1CCc2c(c(N3CCCc4cc(-c5cnn(C)c5)c(C(F)F)cc43)nn2C2CCN(C(=O)CCOCCOCCC(=O)N[C@H](C(=O)N3C[C@H](O)C[C@H]3C(=O)NCc3ccc(-c4scnc4C)cc3)C(C)(C)C)CC2)C1. The largest absolute Gasteiger partial charge is 0.391 e. The highest BCUT2D eigenvalue weighted by Gasteiger charge is 2.45. The summed E-state index contributed by atoms with van der Waals surface area (Å²) in [7, 11) is 3.36. The third-order valence-corrected chi connectivity index (χ3v) is 16.6. The Bertz CT molecular complexity index is 3020. The van der Waals surface area contributed by atoms with E-state index in [0.29, 0.717) is 74.6 Å². The van der Waals surface area contributed by atoms with Gasteiger partial charge in [-0.25, -0.2) is 18.6 Å². The summed E-state index contributed by atoms with van der Waals surface area (Å²) in [6, 6.07) is 9.22. The molecule has 4 N–H and O–H groups in total. The second kappa shape index (κ2) is 25.3. The van der Waals surface area contributed by atoms with Gasteiger partial charge in [-0.05, 0) is 72.4 Å². The van der Waals surface area contributed by atoms with Crippen molar-refractivity contribution in [1.82, 2.24) is 55.2 Å². The number of aliphatic hydroxyl groups is 1. The molecule has 2 aromatic carbocycles. The minimum Gasteiger partial charge on any atom is -0.391 e. The van der Waals surface area contributed by atoms with Crippen molar-refractivity contribution in [3.8, 4) is 21.6 Å². The van der Waals surface area contributed by atoms with Gasteiger partial charge in [0, 0.05) is 107 Å². The van der Waals surface area contributed by atoms with E-state index in [0.717, 1.165) is 51.4 Å². The van der Waals surface area contributed by atoms with Gasteiger partial charge >= 0.3 is 6.03 Å². The molecule has 4 aliphatic rings. The van der Waals surface area contributed by atoms with Gasteiger partial charge in [-0.3, -0.25) is 28.5 Å². The third kappa shape index (κ3) is 13.2. The fraction of sp³-hybridized carbons (Fsp3) is 0.544. The number of likely N-dealkylation sites (tertiary alicyclic amines) is 2. The van der Waals surface area contributed by atoms with Crippen LogP contribution in [0, 0.1) is 12.3 Å². The number of urea groups is 1. The van der Waals surface area contributed by atoms with Crippen LogP contribution in [0.3, 0.4) is 0 Å². The Balaban J connectivity index is 0.717. The van der Waals surface area contributed by atoms with Crippen LogP contribution in [0.25, 0.3) is 21.6 Å². The number of ether oxygens (including phenoxy) is 2. The molecule has 2 fully saturated rings. The van der Waals surface area contributed by atoms with Crippen LogP contribution in [0.4, 0.5) is 25.1 Å². The van der Waals surface area contributed by atoms with Crippen molar-refractivity contribution < 1.29 is 47.3 Å². The number of amides is 6. The van der Waals surface area contributed by atoms with Crippen molar-refractivity contribution in [2.75, 3.05) is 71.1 Å². The van der Waals surface area contributed by atoms with Gasteiger partial charge in [-0.2, -0.15) is 10.2 Å². The molecule has 430 valence electrons. The molecule has 6 amide bonds. The first-order valence-corrected chi connectivity index (χ1v) is 28.5. The van der Waals surface area contributed by atoms with E-state index < -0.39 is 41.8 Å². The molecule has 23 heteroatoms. The van der Waals surface area contributed by atoms with E-state index in [1.54, 1.807) is 59.0 Å². The zero-order valence-electron chi connectivity index (χ0n) is 46.5. The van der Waals surface area contributed by atoms with Crippen molar-refractivity contribution >= 4 is 52.5 Å². The lowest BCUT2D eigenvalue weighted by molar-refractivity contribution is -0.144. The zero-order chi connectivity index (χ0) is 56.8. The molecule has 80 heavy (non-hydrogen) atoms. The van der Waals surface area contributed by atoms with Gasteiger partial charge in [-0.15, -0.1) is 11.3 Å². The Morgan fingerprint density at radius 1 is 0.925 bits per heavy atom.